The minimum Gasteiger partial charge on any atom is -0.303 e. The Morgan fingerprint density at radius 3 is 2.37 bits per heavy atom. The van der Waals surface area contributed by atoms with Crippen LogP contribution in [0.25, 0.3) is 0 Å². The molecule has 168 valence electrons. The molecule has 0 unspecified atom stereocenters. The van der Waals surface area contributed by atoms with Crippen molar-refractivity contribution < 1.29 is 14.4 Å². The lowest BCUT2D eigenvalue weighted by Gasteiger charge is -2.06. The number of aldehydes is 1. The summed E-state index contributed by atoms with van der Waals surface area (Å²) in [6.07, 6.45) is 20.1. The third kappa shape index (κ3) is 14.2. The van der Waals surface area contributed by atoms with Crippen LogP contribution in [-0.4, -0.2) is 23.0 Å². The van der Waals surface area contributed by atoms with Crippen molar-refractivity contribution in [3.63, 3.8) is 0 Å². The number of aromatic nitrogens is 1. The lowest BCUT2D eigenvalue weighted by atomic mass is 10.0. The van der Waals surface area contributed by atoms with Crippen molar-refractivity contribution in [2.24, 2.45) is 5.92 Å². The minimum absolute atomic E-state index is 0.175. The van der Waals surface area contributed by atoms with Crippen LogP contribution < -0.4 is 5.32 Å². The van der Waals surface area contributed by atoms with E-state index >= 15 is 0 Å². The highest BCUT2D eigenvalue weighted by Crippen LogP contribution is 2.14. The topological polar surface area (TPSA) is 76.1 Å². The number of hydrogen-bond donors (Lipinski definition) is 1. The third-order valence-electron chi connectivity index (χ3n) is 5.06. The monoisotopic (exact) mass is 434 g/mol. The standard InChI is InChI=1S/C24H38N2O3S/c1-2-3-4-8-12-15-22(28)16-13-10-7-5-6-9-11-14-21(20-27)19-23(29)26-24-25-17-18-30-24/h9,11,17-18,20-21H,2-8,10,12-16,19H2,1H3,(H,25,26,29)/b11-9+/t21-/m0/s1. The van der Waals surface area contributed by atoms with Crippen LogP contribution in [-0.2, 0) is 14.4 Å². The molecule has 6 heteroatoms. The number of carbonyl (C=O) groups excluding carboxylic acids is 3. The Hall–Kier alpha value is -1.82. The molecule has 1 rings (SSSR count). The molecule has 1 atom stereocenters. The predicted octanol–water partition coefficient (Wildman–Crippen LogP) is 6.50. The van der Waals surface area contributed by atoms with Gasteiger partial charge in [-0.3, -0.25) is 9.59 Å². The van der Waals surface area contributed by atoms with E-state index in [-0.39, 0.29) is 18.2 Å². The molecular weight excluding hydrogens is 396 g/mol. The van der Waals surface area contributed by atoms with Crippen molar-refractivity contribution in [3.05, 3.63) is 23.7 Å². The zero-order valence-electron chi connectivity index (χ0n) is 18.4. The zero-order valence-corrected chi connectivity index (χ0v) is 19.3. The number of anilines is 1. The van der Waals surface area contributed by atoms with E-state index in [0.717, 1.165) is 57.7 Å². The summed E-state index contributed by atoms with van der Waals surface area (Å²) < 4.78 is 0. The largest absolute Gasteiger partial charge is 0.303 e. The molecule has 0 aliphatic carbocycles. The SMILES string of the molecule is CCCCCCCC(=O)CCCCCC/C=C/C[C@H](C=O)CC(=O)Nc1nccs1. The number of unbranched alkanes of at least 4 members (excludes halogenated alkanes) is 8. The summed E-state index contributed by atoms with van der Waals surface area (Å²) in [4.78, 5) is 38.9. The van der Waals surface area contributed by atoms with Crippen LogP contribution in [0.4, 0.5) is 5.13 Å². The van der Waals surface area contributed by atoms with E-state index in [1.54, 1.807) is 11.6 Å². The Bertz CT molecular complexity index is 614. The molecule has 0 aromatic carbocycles. The minimum atomic E-state index is -0.297. The maximum atomic E-state index is 11.9. The second-order valence-electron chi connectivity index (χ2n) is 7.85. The van der Waals surface area contributed by atoms with Crippen molar-refractivity contribution in [2.45, 2.75) is 96.8 Å². The summed E-state index contributed by atoms with van der Waals surface area (Å²) >= 11 is 1.36. The number of Topliss-reactive ketones (excluding diaryl/α,β-unsaturated/α-hetero) is 1. The maximum Gasteiger partial charge on any atom is 0.226 e. The molecule has 5 nitrogen and oxygen atoms in total. The summed E-state index contributed by atoms with van der Waals surface area (Å²) in [6.45, 7) is 2.20. The van der Waals surface area contributed by atoms with Gasteiger partial charge in [0.1, 0.15) is 12.1 Å². The van der Waals surface area contributed by atoms with Gasteiger partial charge in [0, 0.05) is 36.8 Å². The summed E-state index contributed by atoms with van der Waals surface area (Å²) in [5, 5.41) is 5.06. The molecule has 1 aromatic rings. The second-order valence-corrected chi connectivity index (χ2v) is 8.74. The van der Waals surface area contributed by atoms with Crippen LogP contribution in [0.15, 0.2) is 23.7 Å². The van der Waals surface area contributed by atoms with Crippen molar-refractivity contribution in [1.82, 2.24) is 4.98 Å². The average molecular weight is 435 g/mol. The van der Waals surface area contributed by atoms with Gasteiger partial charge in [0.05, 0.1) is 0 Å². The van der Waals surface area contributed by atoms with Crippen molar-refractivity contribution in [2.75, 3.05) is 5.32 Å². The average Bonchev–Trinajstić information content (AvgIpc) is 3.24. The first-order chi connectivity index (χ1) is 14.7. The number of hydrogen-bond acceptors (Lipinski definition) is 5. The van der Waals surface area contributed by atoms with Gasteiger partial charge in [-0.15, -0.1) is 11.3 Å². The fourth-order valence-corrected chi connectivity index (χ4v) is 3.80. The summed E-state index contributed by atoms with van der Waals surface area (Å²) in [6, 6.07) is 0. The Kier molecular flexibility index (Phi) is 15.7. The number of ketones is 1. The molecule has 30 heavy (non-hydrogen) atoms. The zero-order chi connectivity index (χ0) is 21.9. The molecule has 0 saturated heterocycles. The highest BCUT2D eigenvalue weighted by Gasteiger charge is 2.12. The molecule has 1 N–H and O–H groups in total. The number of nitrogens with zero attached hydrogens (tertiary/aromatic N) is 1. The van der Waals surface area contributed by atoms with Crippen LogP contribution in [0.5, 0.6) is 0 Å². The van der Waals surface area contributed by atoms with E-state index < -0.39 is 0 Å². The molecular formula is C24H38N2O3S. The van der Waals surface area contributed by atoms with Gasteiger partial charge in [0.2, 0.25) is 5.91 Å². The number of nitrogens with one attached hydrogen (secondary N) is 1. The van der Waals surface area contributed by atoms with E-state index in [4.69, 9.17) is 0 Å². The number of allylic oxidation sites excluding steroid dienone is 2. The first-order valence-corrected chi connectivity index (χ1v) is 12.3. The van der Waals surface area contributed by atoms with Crippen molar-refractivity contribution in [3.8, 4) is 0 Å². The van der Waals surface area contributed by atoms with Gasteiger partial charge in [-0.05, 0) is 32.1 Å². The van der Waals surface area contributed by atoms with Gasteiger partial charge < -0.3 is 10.1 Å². The Morgan fingerprint density at radius 1 is 1.03 bits per heavy atom. The van der Waals surface area contributed by atoms with Crippen molar-refractivity contribution in [1.29, 1.82) is 0 Å². The Morgan fingerprint density at radius 2 is 1.73 bits per heavy atom. The molecule has 0 fully saturated rings. The fourth-order valence-electron chi connectivity index (χ4n) is 3.26. The van der Waals surface area contributed by atoms with Gasteiger partial charge in [0.15, 0.2) is 5.13 Å². The molecule has 0 saturated carbocycles. The van der Waals surface area contributed by atoms with Crippen LogP contribution in [0.1, 0.15) is 96.8 Å². The van der Waals surface area contributed by atoms with E-state index in [0.29, 0.717) is 17.3 Å². The first-order valence-electron chi connectivity index (χ1n) is 11.5. The number of amides is 1. The van der Waals surface area contributed by atoms with Crippen LogP contribution >= 0.6 is 11.3 Å². The lowest BCUT2D eigenvalue weighted by molar-refractivity contribution is -0.120. The van der Waals surface area contributed by atoms with Crippen LogP contribution in [0.2, 0.25) is 0 Å². The van der Waals surface area contributed by atoms with Crippen molar-refractivity contribution >= 4 is 34.4 Å². The quantitative estimate of drug-likeness (QED) is 0.153. The number of thiazole rings is 1. The molecule has 0 radical (unpaired) electrons. The normalized spacial score (nSPS) is 12.2. The van der Waals surface area contributed by atoms with Gasteiger partial charge in [0.25, 0.3) is 0 Å². The smallest absolute Gasteiger partial charge is 0.226 e. The summed E-state index contributed by atoms with van der Waals surface area (Å²) in [7, 11) is 0. The van der Waals surface area contributed by atoms with Crippen LogP contribution in [0.3, 0.4) is 0 Å². The molecule has 1 heterocycles. The van der Waals surface area contributed by atoms with Crippen LogP contribution in [0, 0.1) is 5.92 Å². The summed E-state index contributed by atoms with van der Waals surface area (Å²) in [5.74, 6) is -0.0506. The fraction of sp³-hybridized carbons (Fsp3) is 0.667. The molecule has 0 spiro atoms. The van der Waals surface area contributed by atoms with E-state index in [2.05, 4.69) is 23.3 Å². The highest BCUT2D eigenvalue weighted by molar-refractivity contribution is 7.13. The van der Waals surface area contributed by atoms with Gasteiger partial charge in [-0.1, -0.05) is 57.6 Å². The maximum absolute atomic E-state index is 11.9. The summed E-state index contributed by atoms with van der Waals surface area (Å²) in [5.41, 5.74) is 0. The van der Waals surface area contributed by atoms with E-state index in [1.165, 1.54) is 37.0 Å². The predicted molar refractivity (Wildman–Crippen MR) is 125 cm³/mol. The number of rotatable bonds is 19. The van der Waals surface area contributed by atoms with Gasteiger partial charge in [-0.25, -0.2) is 4.98 Å². The first kappa shape index (κ1) is 26.2. The molecule has 1 amide bonds. The third-order valence-corrected chi connectivity index (χ3v) is 5.75. The molecule has 0 aliphatic rings. The van der Waals surface area contributed by atoms with E-state index in [9.17, 15) is 14.4 Å². The van der Waals surface area contributed by atoms with Gasteiger partial charge >= 0.3 is 0 Å². The van der Waals surface area contributed by atoms with E-state index in [1.807, 2.05) is 6.08 Å². The highest BCUT2D eigenvalue weighted by atomic mass is 32.1. The molecule has 0 bridgehead atoms. The second kappa shape index (κ2) is 18.0. The number of carbonyl (C=O) groups is 3. The molecule has 1 aromatic heterocycles. The molecule has 0 aliphatic heterocycles. The lowest BCUT2D eigenvalue weighted by Crippen LogP contribution is -2.16. The Balaban J connectivity index is 1.99. The Labute approximate surface area is 185 Å². The van der Waals surface area contributed by atoms with Gasteiger partial charge in [-0.2, -0.15) is 0 Å².